The largest absolute Gasteiger partial charge is 0.503 e. The highest BCUT2D eigenvalue weighted by Crippen LogP contribution is 2.55. The molecule has 1 N–H and O–H groups in total. The number of rotatable bonds is 2. The first-order valence-corrected chi connectivity index (χ1v) is 11.1. The summed E-state index contributed by atoms with van der Waals surface area (Å²) < 4.78 is 5.27. The molecule has 8 heteroatoms. The van der Waals surface area contributed by atoms with E-state index in [9.17, 15) is 24.3 Å². The number of Topliss-reactive ketones (excluding diaryl/α,β-unsaturated/α-hetero) is 1. The third-order valence-corrected chi connectivity index (χ3v) is 7.68. The standard InChI is InChI=1S/C25H22ClNO6/c1-10-6-17(28)15-9-14-12(4-5-13-20(14)25(32)27(2)24(13)31)19(21(15)22(10)29)11-7-16(26)23(30)18(8-11)33-3/h4,6-8,13-14,19-20,30H,5,9H2,1-3H3/t13-,14+,19-,20-/m0/s1. The molecule has 0 saturated carbocycles. The van der Waals surface area contributed by atoms with E-state index in [1.807, 2.05) is 6.08 Å². The summed E-state index contributed by atoms with van der Waals surface area (Å²) >= 11 is 6.28. The lowest BCUT2D eigenvalue weighted by Gasteiger charge is -2.42. The van der Waals surface area contributed by atoms with Crippen molar-refractivity contribution < 1.29 is 29.0 Å². The lowest BCUT2D eigenvalue weighted by Crippen LogP contribution is -2.39. The van der Waals surface area contributed by atoms with Gasteiger partial charge in [0.2, 0.25) is 11.8 Å². The van der Waals surface area contributed by atoms with Crippen LogP contribution in [0.4, 0.5) is 0 Å². The van der Waals surface area contributed by atoms with Crippen molar-refractivity contribution in [3.8, 4) is 11.5 Å². The number of phenols is 1. The number of ketones is 2. The topological polar surface area (TPSA) is 101 Å². The summed E-state index contributed by atoms with van der Waals surface area (Å²) in [5.41, 5.74) is 2.50. The van der Waals surface area contributed by atoms with Crippen LogP contribution in [0.2, 0.25) is 5.02 Å². The number of phenolic OH excluding ortho intramolecular Hbond substituents is 1. The number of halogens is 1. The first-order chi connectivity index (χ1) is 15.6. The maximum absolute atomic E-state index is 13.3. The first-order valence-electron chi connectivity index (χ1n) is 10.7. The fourth-order valence-electron chi connectivity index (χ4n) is 5.81. The second-order valence-corrected chi connectivity index (χ2v) is 9.42. The van der Waals surface area contributed by atoms with Gasteiger partial charge in [-0.3, -0.25) is 24.1 Å². The Hall–Kier alpha value is -3.19. The minimum Gasteiger partial charge on any atom is -0.503 e. The summed E-state index contributed by atoms with van der Waals surface area (Å²) in [5.74, 6) is -3.12. The predicted molar refractivity (Wildman–Crippen MR) is 119 cm³/mol. The Bertz CT molecular complexity index is 1260. The molecule has 170 valence electrons. The molecule has 1 saturated heterocycles. The number of nitrogens with zero attached hydrogens (tertiary/aromatic N) is 1. The van der Waals surface area contributed by atoms with Crippen molar-refractivity contribution in [2.24, 2.45) is 17.8 Å². The molecule has 1 fully saturated rings. The normalized spacial score (nSPS) is 28.9. The highest BCUT2D eigenvalue weighted by atomic mass is 35.5. The van der Waals surface area contributed by atoms with Crippen LogP contribution >= 0.6 is 11.6 Å². The highest BCUT2D eigenvalue weighted by molar-refractivity contribution is 6.32. The minimum absolute atomic E-state index is 0.0524. The van der Waals surface area contributed by atoms with E-state index in [4.69, 9.17) is 16.3 Å². The van der Waals surface area contributed by atoms with E-state index < -0.39 is 23.7 Å². The number of aromatic hydroxyl groups is 1. The van der Waals surface area contributed by atoms with Crippen LogP contribution in [0.15, 0.2) is 46.6 Å². The average Bonchev–Trinajstić information content (AvgIpc) is 3.02. The van der Waals surface area contributed by atoms with Crippen molar-refractivity contribution in [3.63, 3.8) is 0 Å². The Morgan fingerprint density at radius 3 is 2.55 bits per heavy atom. The van der Waals surface area contributed by atoms with E-state index in [-0.39, 0.29) is 46.3 Å². The summed E-state index contributed by atoms with van der Waals surface area (Å²) in [7, 11) is 2.88. The molecule has 4 atom stereocenters. The van der Waals surface area contributed by atoms with Crippen LogP contribution in [-0.2, 0) is 19.2 Å². The molecule has 1 aliphatic heterocycles. The number of carbonyl (C=O) groups excluding carboxylic acids is 4. The number of amides is 2. The molecule has 2 amide bonds. The minimum atomic E-state index is -0.638. The number of allylic oxidation sites excluding steroid dienone is 6. The van der Waals surface area contributed by atoms with Gasteiger partial charge in [-0.05, 0) is 49.5 Å². The average molecular weight is 468 g/mol. The summed E-state index contributed by atoms with van der Waals surface area (Å²) in [4.78, 5) is 53.2. The van der Waals surface area contributed by atoms with E-state index in [1.165, 1.54) is 25.1 Å². The van der Waals surface area contributed by atoms with Crippen LogP contribution in [-0.4, -0.2) is 47.5 Å². The molecule has 7 nitrogen and oxygen atoms in total. The second kappa shape index (κ2) is 7.42. The van der Waals surface area contributed by atoms with E-state index in [0.717, 1.165) is 5.57 Å². The van der Waals surface area contributed by atoms with Crippen LogP contribution in [0.5, 0.6) is 11.5 Å². The van der Waals surface area contributed by atoms with Gasteiger partial charge in [0.1, 0.15) is 0 Å². The van der Waals surface area contributed by atoms with Gasteiger partial charge in [-0.2, -0.15) is 0 Å². The van der Waals surface area contributed by atoms with Gasteiger partial charge in [-0.25, -0.2) is 0 Å². The molecule has 5 rings (SSSR count). The number of methoxy groups -OCH3 is 1. The van der Waals surface area contributed by atoms with Crippen molar-refractivity contribution in [1.82, 2.24) is 4.90 Å². The van der Waals surface area contributed by atoms with Gasteiger partial charge in [0.25, 0.3) is 0 Å². The van der Waals surface area contributed by atoms with Crippen molar-refractivity contribution in [1.29, 1.82) is 0 Å². The second-order valence-electron chi connectivity index (χ2n) is 9.02. The Morgan fingerprint density at radius 1 is 1.12 bits per heavy atom. The first kappa shape index (κ1) is 21.6. The van der Waals surface area contributed by atoms with Gasteiger partial charge in [0.15, 0.2) is 23.1 Å². The fourth-order valence-corrected chi connectivity index (χ4v) is 6.03. The zero-order chi connectivity index (χ0) is 23.8. The van der Waals surface area contributed by atoms with Crippen LogP contribution in [0, 0.1) is 17.8 Å². The van der Waals surface area contributed by atoms with Crippen LogP contribution in [0.25, 0.3) is 0 Å². The molecule has 0 unspecified atom stereocenters. The van der Waals surface area contributed by atoms with Crippen molar-refractivity contribution in [2.75, 3.05) is 14.2 Å². The summed E-state index contributed by atoms with van der Waals surface area (Å²) in [5, 5.41) is 10.3. The fraction of sp³-hybridized carbons (Fsp3) is 0.360. The Morgan fingerprint density at radius 2 is 1.85 bits per heavy atom. The van der Waals surface area contributed by atoms with E-state index >= 15 is 0 Å². The van der Waals surface area contributed by atoms with Gasteiger partial charge in [0, 0.05) is 29.7 Å². The Kier molecular flexibility index (Phi) is 4.86. The number of likely N-dealkylation sites (tertiary alicyclic amines) is 1. The third kappa shape index (κ3) is 2.95. The molecule has 3 aliphatic carbocycles. The maximum Gasteiger partial charge on any atom is 0.233 e. The van der Waals surface area contributed by atoms with Crippen molar-refractivity contribution in [2.45, 2.75) is 25.7 Å². The zero-order valence-corrected chi connectivity index (χ0v) is 19.1. The number of ether oxygens (including phenoxy) is 1. The molecule has 1 aromatic rings. The van der Waals surface area contributed by atoms with Gasteiger partial charge in [0.05, 0.1) is 24.0 Å². The smallest absolute Gasteiger partial charge is 0.233 e. The quantitative estimate of drug-likeness (QED) is 0.407. The third-order valence-electron chi connectivity index (χ3n) is 7.39. The summed E-state index contributed by atoms with van der Waals surface area (Å²) in [6.45, 7) is 1.61. The van der Waals surface area contributed by atoms with Crippen LogP contribution in [0.1, 0.15) is 31.2 Å². The molecule has 0 radical (unpaired) electrons. The zero-order valence-electron chi connectivity index (χ0n) is 18.3. The molecular weight excluding hydrogens is 446 g/mol. The summed E-state index contributed by atoms with van der Waals surface area (Å²) in [6.07, 6.45) is 3.88. The molecule has 4 aliphatic rings. The molecule has 33 heavy (non-hydrogen) atoms. The van der Waals surface area contributed by atoms with Crippen molar-refractivity contribution >= 4 is 35.0 Å². The molecule has 0 bridgehead atoms. The number of imide groups is 1. The number of hydrogen-bond donors (Lipinski definition) is 1. The highest BCUT2D eigenvalue weighted by Gasteiger charge is 2.55. The Balaban J connectivity index is 1.74. The lowest BCUT2D eigenvalue weighted by molar-refractivity contribution is -0.138. The van der Waals surface area contributed by atoms with E-state index in [1.54, 1.807) is 19.1 Å². The monoisotopic (exact) mass is 467 g/mol. The lowest BCUT2D eigenvalue weighted by atomic mass is 9.59. The van der Waals surface area contributed by atoms with Gasteiger partial charge < -0.3 is 9.84 Å². The van der Waals surface area contributed by atoms with E-state index in [0.29, 0.717) is 28.7 Å². The van der Waals surface area contributed by atoms with Gasteiger partial charge in [-0.15, -0.1) is 0 Å². The number of benzene rings is 1. The molecule has 0 aromatic heterocycles. The molecule has 1 aromatic carbocycles. The van der Waals surface area contributed by atoms with Crippen LogP contribution in [0.3, 0.4) is 0 Å². The summed E-state index contributed by atoms with van der Waals surface area (Å²) in [6, 6.07) is 3.16. The predicted octanol–water partition coefficient (Wildman–Crippen LogP) is 3.11. The molecule has 0 spiro atoms. The number of carbonyl (C=O) groups is 4. The number of hydrogen-bond acceptors (Lipinski definition) is 6. The molecular formula is C25H22ClNO6. The number of fused-ring (bicyclic) bond motifs is 3. The van der Waals surface area contributed by atoms with Gasteiger partial charge >= 0.3 is 0 Å². The SMILES string of the molecule is COc1cc([C@H]2C3=CC[C@@H]4C(=O)N(C)C(=O)[C@@H]4[C@@H]3CC3=C2C(=O)C(C)=CC3=O)cc(Cl)c1O. The van der Waals surface area contributed by atoms with E-state index in [2.05, 4.69) is 0 Å². The van der Waals surface area contributed by atoms with Gasteiger partial charge in [-0.1, -0.05) is 23.3 Å². The maximum atomic E-state index is 13.3. The van der Waals surface area contributed by atoms with Crippen LogP contribution < -0.4 is 4.74 Å². The molecule has 1 heterocycles. The van der Waals surface area contributed by atoms with Crippen molar-refractivity contribution in [3.05, 3.63) is 57.2 Å². The Labute approximate surface area is 195 Å².